The number of likely N-dealkylation sites (tertiary alicyclic amines) is 1. The van der Waals surface area contributed by atoms with E-state index in [1.807, 2.05) is 65.6 Å². The summed E-state index contributed by atoms with van der Waals surface area (Å²) < 4.78 is 5.98. The SMILES string of the molecule is O=C(NCc1ccc(C(=O)N2CCC(OCc3ccccc3)C2)s1)c1ccccc1. The van der Waals surface area contributed by atoms with E-state index in [1.54, 1.807) is 12.1 Å². The first-order valence-electron chi connectivity index (χ1n) is 10.1. The fourth-order valence-corrected chi connectivity index (χ4v) is 4.36. The van der Waals surface area contributed by atoms with Crippen molar-refractivity contribution in [3.8, 4) is 0 Å². The number of benzene rings is 2. The molecule has 1 N–H and O–H groups in total. The van der Waals surface area contributed by atoms with Crippen LogP contribution in [-0.4, -0.2) is 35.9 Å². The minimum atomic E-state index is -0.116. The Bertz CT molecular complexity index is 988. The van der Waals surface area contributed by atoms with Crippen molar-refractivity contribution in [2.75, 3.05) is 13.1 Å². The summed E-state index contributed by atoms with van der Waals surface area (Å²) in [6.07, 6.45) is 0.919. The minimum absolute atomic E-state index is 0.0337. The van der Waals surface area contributed by atoms with E-state index in [4.69, 9.17) is 4.74 Å². The second kappa shape index (κ2) is 9.69. The van der Waals surface area contributed by atoms with Crippen molar-refractivity contribution in [2.24, 2.45) is 0 Å². The van der Waals surface area contributed by atoms with Crippen LogP contribution in [0.25, 0.3) is 0 Å². The Kier molecular flexibility index (Phi) is 6.57. The lowest BCUT2D eigenvalue weighted by Crippen LogP contribution is -2.29. The molecule has 0 spiro atoms. The van der Waals surface area contributed by atoms with E-state index >= 15 is 0 Å². The van der Waals surface area contributed by atoms with Crippen LogP contribution in [0.2, 0.25) is 0 Å². The molecule has 6 heteroatoms. The molecular formula is C24H24N2O3S. The van der Waals surface area contributed by atoms with E-state index in [2.05, 4.69) is 5.32 Å². The summed E-state index contributed by atoms with van der Waals surface area (Å²) in [5, 5.41) is 2.90. The van der Waals surface area contributed by atoms with Gasteiger partial charge in [-0.15, -0.1) is 11.3 Å². The van der Waals surface area contributed by atoms with Gasteiger partial charge in [0.1, 0.15) is 0 Å². The van der Waals surface area contributed by atoms with E-state index in [0.717, 1.165) is 16.9 Å². The normalized spacial score (nSPS) is 15.9. The largest absolute Gasteiger partial charge is 0.372 e. The molecule has 5 nitrogen and oxygen atoms in total. The van der Waals surface area contributed by atoms with Gasteiger partial charge in [-0.1, -0.05) is 48.5 Å². The Balaban J connectivity index is 1.26. The molecule has 0 aliphatic carbocycles. The first-order chi connectivity index (χ1) is 14.7. The molecule has 0 saturated carbocycles. The van der Waals surface area contributed by atoms with Crippen molar-refractivity contribution < 1.29 is 14.3 Å². The Hall–Kier alpha value is -2.96. The maximum Gasteiger partial charge on any atom is 0.264 e. The highest BCUT2D eigenvalue weighted by molar-refractivity contribution is 7.14. The Labute approximate surface area is 180 Å². The molecular weight excluding hydrogens is 396 g/mol. The lowest BCUT2D eigenvalue weighted by Gasteiger charge is -2.16. The molecule has 2 heterocycles. The molecule has 1 unspecified atom stereocenters. The van der Waals surface area contributed by atoms with Crippen molar-refractivity contribution >= 4 is 23.2 Å². The van der Waals surface area contributed by atoms with Gasteiger partial charge >= 0.3 is 0 Å². The van der Waals surface area contributed by atoms with Crippen LogP contribution in [0.4, 0.5) is 0 Å². The van der Waals surface area contributed by atoms with Gasteiger partial charge in [0.15, 0.2) is 0 Å². The van der Waals surface area contributed by atoms with Crippen molar-refractivity contribution in [3.05, 3.63) is 93.7 Å². The summed E-state index contributed by atoms with van der Waals surface area (Å²) in [4.78, 5) is 28.5. The van der Waals surface area contributed by atoms with Crippen LogP contribution in [0.15, 0.2) is 72.8 Å². The van der Waals surface area contributed by atoms with E-state index < -0.39 is 0 Å². The van der Waals surface area contributed by atoms with Gasteiger partial charge in [0, 0.05) is 23.5 Å². The fourth-order valence-electron chi connectivity index (χ4n) is 3.44. The molecule has 0 bridgehead atoms. The number of nitrogens with zero attached hydrogens (tertiary/aromatic N) is 1. The number of carbonyl (C=O) groups is 2. The topological polar surface area (TPSA) is 58.6 Å². The Morgan fingerprint density at radius 1 is 1.00 bits per heavy atom. The number of ether oxygens (including phenoxy) is 1. The van der Waals surface area contributed by atoms with Gasteiger partial charge in [0.05, 0.1) is 24.1 Å². The van der Waals surface area contributed by atoms with Crippen LogP contribution >= 0.6 is 11.3 Å². The highest BCUT2D eigenvalue weighted by Crippen LogP contribution is 2.22. The molecule has 1 aliphatic rings. The first-order valence-corrected chi connectivity index (χ1v) is 10.9. The Morgan fingerprint density at radius 3 is 2.50 bits per heavy atom. The lowest BCUT2D eigenvalue weighted by molar-refractivity contribution is 0.0438. The molecule has 2 aromatic carbocycles. The molecule has 4 rings (SSSR count). The zero-order valence-corrected chi connectivity index (χ0v) is 17.4. The molecule has 1 aromatic heterocycles. The standard InChI is InChI=1S/C24H24N2O3S/c27-23(19-9-5-2-6-10-19)25-15-21-11-12-22(30-21)24(28)26-14-13-20(16-26)29-17-18-7-3-1-4-8-18/h1-12,20H,13-17H2,(H,25,27). The van der Waals surface area contributed by atoms with Crippen LogP contribution < -0.4 is 5.32 Å². The first kappa shape index (κ1) is 20.3. The maximum atomic E-state index is 12.8. The number of amides is 2. The number of hydrogen-bond donors (Lipinski definition) is 1. The van der Waals surface area contributed by atoms with E-state index in [-0.39, 0.29) is 17.9 Å². The van der Waals surface area contributed by atoms with Crippen molar-refractivity contribution in [2.45, 2.75) is 25.7 Å². The molecule has 1 atom stereocenters. The van der Waals surface area contributed by atoms with Crippen molar-refractivity contribution in [3.63, 3.8) is 0 Å². The summed E-state index contributed by atoms with van der Waals surface area (Å²) in [5.74, 6) is -0.0822. The number of thiophene rings is 1. The van der Waals surface area contributed by atoms with Gasteiger partial charge in [-0.2, -0.15) is 0 Å². The summed E-state index contributed by atoms with van der Waals surface area (Å²) in [6, 6.07) is 22.9. The van der Waals surface area contributed by atoms with Crippen LogP contribution in [-0.2, 0) is 17.9 Å². The third-order valence-electron chi connectivity index (χ3n) is 5.09. The monoisotopic (exact) mass is 420 g/mol. The highest BCUT2D eigenvalue weighted by atomic mass is 32.1. The van der Waals surface area contributed by atoms with Crippen molar-refractivity contribution in [1.82, 2.24) is 10.2 Å². The maximum absolute atomic E-state index is 12.8. The van der Waals surface area contributed by atoms with E-state index in [0.29, 0.717) is 36.7 Å². The molecule has 0 radical (unpaired) electrons. The van der Waals surface area contributed by atoms with E-state index in [9.17, 15) is 9.59 Å². The predicted octanol–water partition coefficient (Wildman–Crippen LogP) is 4.11. The van der Waals surface area contributed by atoms with Gasteiger partial charge < -0.3 is 15.0 Å². The molecule has 1 aliphatic heterocycles. The Morgan fingerprint density at radius 2 is 1.73 bits per heavy atom. The highest BCUT2D eigenvalue weighted by Gasteiger charge is 2.28. The third kappa shape index (κ3) is 5.14. The van der Waals surface area contributed by atoms with Gasteiger partial charge in [-0.3, -0.25) is 9.59 Å². The smallest absolute Gasteiger partial charge is 0.264 e. The fraction of sp³-hybridized carbons (Fsp3) is 0.250. The van der Waals surface area contributed by atoms with Crippen LogP contribution in [0.3, 0.4) is 0 Å². The quantitative estimate of drug-likeness (QED) is 0.626. The number of rotatable bonds is 7. The third-order valence-corrected chi connectivity index (χ3v) is 6.17. The summed E-state index contributed by atoms with van der Waals surface area (Å²) in [5.41, 5.74) is 1.77. The van der Waals surface area contributed by atoms with Crippen LogP contribution in [0.5, 0.6) is 0 Å². The summed E-state index contributed by atoms with van der Waals surface area (Å²) in [7, 11) is 0. The molecule has 30 heavy (non-hydrogen) atoms. The zero-order chi connectivity index (χ0) is 20.8. The van der Waals surface area contributed by atoms with Crippen LogP contribution in [0.1, 0.15) is 36.9 Å². The van der Waals surface area contributed by atoms with Gasteiger partial charge in [-0.05, 0) is 36.2 Å². The van der Waals surface area contributed by atoms with Gasteiger partial charge in [-0.25, -0.2) is 0 Å². The van der Waals surface area contributed by atoms with E-state index in [1.165, 1.54) is 11.3 Å². The average Bonchev–Trinajstić information content (AvgIpc) is 3.47. The number of hydrogen-bond acceptors (Lipinski definition) is 4. The summed E-state index contributed by atoms with van der Waals surface area (Å²) in [6.45, 7) is 2.30. The molecule has 1 fully saturated rings. The summed E-state index contributed by atoms with van der Waals surface area (Å²) >= 11 is 1.43. The minimum Gasteiger partial charge on any atom is -0.372 e. The second-order valence-electron chi connectivity index (χ2n) is 7.27. The van der Waals surface area contributed by atoms with Gasteiger partial charge in [0.2, 0.25) is 0 Å². The molecule has 154 valence electrons. The average molecular weight is 421 g/mol. The zero-order valence-electron chi connectivity index (χ0n) is 16.6. The van der Waals surface area contributed by atoms with Crippen molar-refractivity contribution in [1.29, 1.82) is 0 Å². The predicted molar refractivity (Wildman–Crippen MR) is 117 cm³/mol. The molecule has 3 aromatic rings. The molecule has 2 amide bonds. The van der Waals surface area contributed by atoms with Gasteiger partial charge in [0.25, 0.3) is 11.8 Å². The molecule has 1 saturated heterocycles. The number of nitrogens with one attached hydrogen (secondary N) is 1. The number of carbonyl (C=O) groups excluding carboxylic acids is 2. The van der Waals surface area contributed by atoms with Crippen LogP contribution in [0, 0.1) is 0 Å². The second-order valence-corrected chi connectivity index (χ2v) is 8.44. The lowest BCUT2D eigenvalue weighted by atomic mass is 10.2.